The third-order valence-electron chi connectivity index (χ3n) is 8.68. The van der Waals surface area contributed by atoms with Gasteiger partial charge in [0, 0.05) is 27.1 Å². The van der Waals surface area contributed by atoms with Gasteiger partial charge in [0.25, 0.3) is 0 Å². The zero-order valence-corrected chi connectivity index (χ0v) is 23.8. The Morgan fingerprint density at radius 1 is 0.442 bits per heavy atom. The van der Waals surface area contributed by atoms with Crippen LogP contribution in [-0.4, -0.2) is 8.42 Å². The van der Waals surface area contributed by atoms with Crippen LogP contribution in [0.4, 0.5) is 0 Å². The van der Waals surface area contributed by atoms with Gasteiger partial charge in [0.1, 0.15) is 22.3 Å². The molecule has 0 radical (unpaired) electrons. The molecule has 3 heterocycles. The molecular formula is C38H24O4S. The Morgan fingerprint density at radius 2 is 1.09 bits per heavy atom. The quantitative estimate of drug-likeness (QED) is 0.205. The molecule has 0 bridgehead atoms. The number of rotatable bonds is 2. The van der Waals surface area contributed by atoms with Gasteiger partial charge in [0.2, 0.25) is 0 Å². The van der Waals surface area contributed by atoms with Gasteiger partial charge in [0.15, 0.2) is 9.84 Å². The minimum absolute atomic E-state index is 0.00374. The lowest BCUT2D eigenvalue weighted by molar-refractivity contribution is 0.595. The first-order valence-electron chi connectivity index (χ1n) is 14.3. The van der Waals surface area contributed by atoms with Crippen LogP contribution >= 0.6 is 0 Å². The van der Waals surface area contributed by atoms with Crippen molar-refractivity contribution in [2.45, 2.75) is 11.5 Å². The Bertz CT molecular complexity index is 2530. The van der Waals surface area contributed by atoms with Gasteiger partial charge >= 0.3 is 0 Å². The molecule has 9 rings (SSSR count). The molecule has 0 N–H and O–H groups in total. The summed E-state index contributed by atoms with van der Waals surface area (Å²) < 4.78 is 39.0. The van der Waals surface area contributed by atoms with Crippen molar-refractivity contribution >= 4 is 53.7 Å². The molecule has 0 aliphatic carbocycles. The van der Waals surface area contributed by atoms with Crippen molar-refractivity contribution in [2.75, 3.05) is 0 Å². The Labute approximate surface area is 247 Å². The topological polar surface area (TPSA) is 60.4 Å². The summed E-state index contributed by atoms with van der Waals surface area (Å²) >= 11 is 0. The highest BCUT2D eigenvalue weighted by Gasteiger charge is 2.25. The van der Waals surface area contributed by atoms with Crippen LogP contribution in [0.3, 0.4) is 0 Å². The normalized spacial score (nSPS) is 14.2. The van der Waals surface area contributed by atoms with E-state index in [0.717, 1.165) is 88.4 Å². The van der Waals surface area contributed by atoms with Crippen molar-refractivity contribution in [3.8, 4) is 33.4 Å². The zero-order chi connectivity index (χ0) is 28.7. The van der Waals surface area contributed by atoms with Crippen LogP contribution < -0.4 is 0 Å². The summed E-state index contributed by atoms with van der Waals surface area (Å²) in [5.74, 6) is 0.00462. The third kappa shape index (κ3) is 3.85. The predicted octanol–water partition coefficient (Wildman–Crippen LogP) is 9.91. The summed E-state index contributed by atoms with van der Waals surface area (Å²) in [6.07, 6.45) is 0. The summed E-state index contributed by atoms with van der Waals surface area (Å²) in [5, 5.41) is 4.26. The second-order valence-corrected chi connectivity index (χ2v) is 13.4. The summed E-state index contributed by atoms with van der Waals surface area (Å²) in [7, 11) is -3.36. The maximum absolute atomic E-state index is 13.3. The van der Waals surface area contributed by atoms with Crippen LogP contribution in [0.1, 0.15) is 11.1 Å². The lowest BCUT2D eigenvalue weighted by atomic mass is 9.90. The van der Waals surface area contributed by atoms with Crippen molar-refractivity contribution in [2.24, 2.45) is 0 Å². The minimum Gasteiger partial charge on any atom is -0.456 e. The van der Waals surface area contributed by atoms with E-state index in [9.17, 15) is 8.42 Å². The number of para-hydroxylation sites is 3. The molecule has 0 spiro atoms. The van der Waals surface area contributed by atoms with Gasteiger partial charge in [-0.05, 0) is 75.3 Å². The van der Waals surface area contributed by atoms with Crippen molar-refractivity contribution in [1.29, 1.82) is 0 Å². The molecule has 0 saturated carbocycles. The van der Waals surface area contributed by atoms with Crippen LogP contribution in [0, 0.1) is 0 Å². The van der Waals surface area contributed by atoms with Crippen molar-refractivity contribution in [3.63, 3.8) is 0 Å². The Kier molecular flexibility index (Phi) is 5.08. The first-order chi connectivity index (χ1) is 21.0. The molecule has 0 saturated heterocycles. The van der Waals surface area contributed by atoms with E-state index in [0.29, 0.717) is 0 Å². The number of fused-ring (bicyclic) bond motifs is 9. The SMILES string of the molecule is O=S1(=O)Cc2cc(-c3ccc4oc5ccccc5c4c3)ccc2-c2cc(-c3cccc4c3oc3ccccc34)ccc2C1. The van der Waals surface area contributed by atoms with Gasteiger partial charge in [-0.25, -0.2) is 8.42 Å². The van der Waals surface area contributed by atoms with E-state index in [-0.39, 0.29) is 11.5 Å². The summed E-state index contributed by atoms with van der Waals surface area (Å²) in [6, 6.07) is 40.8. The van der Waals surface area contributed by atoms with Crippen LogP contribution in [0.5, 0.6) is 0 Å². The van der Waals surface area contributed by atoms with E-state index in [2.05, 4.69) is 54.6 Å². The lowest BCUT2D eigenvalue weighted by Gasteiger charge is -2.13. The maximum atomic E-state index is 13.3. The van der Waals surface area contributed by atoms with Crippen LogP contribution in [0.15, 0.2) is 130 Å². The van der Waals surface area contributed by atoms with Crippen LogP contribution in [0.2, 0.25) is 0 Å². The number of hydrogen-bond acceptors (Lipinski definition) is 4. The number of benzene rings is 6. The molecular weight excluding hydrogens is 552 g/mol. The largest absolute Gasteiger partial charge is 0.456 e. The van der Waals surface area contributed by atoms with Crippen molar-refractivity contribution in [3.05, 3.63) is 132 Å². The molecule has 43 heavy (non-hydrogen) atoms. The first-order valence-corrected chi connectivity index (χ1v) is 16.1. The smallest absolute Gasteiger partial charge is 0.158 e. The molecule has 8 aromatic rings. The summed E-state index contributed by atoms with van der Waals surface area (Å²) in [5.41, 5.74) is 10.9. The molecule has 0 amide bonds. The zero-order valence-electron chi connectivity index (χ0n) is 23.0. The standard InChI is InChI=1S/C38H24O4S/c39-43(40)21-26-13-12-25(29-8-5-9-32-30-6-1-4-11-36(30)42-38(29)32)20-33(26)28-16-14-23(18-27(28)22-43)24-15-17-37-34(19-24)31-7-2-3-10-35(31)41-37/h1-20H,21-22H2. The highest BCUT2D eigenvalue weighted by atomic mass is 32.2. The average molecular weight is 577 g/mol. The van der Waals surface area contributed by atoms with Gasteiger partial charge in [-0.2, -0.15) is 0 Å². The molecule has 5 heteroatoms. The second-order valence-electron chi connectivity index (χ2n) is 11.4. The Hall–Kier alpha value is -5.13. The highest BCUT2D eigenvalue weighted by Crippen LogP contribution is 2.41. The molecule has 4 nitrogen and oxygen atoms in total. The highest BCUT2D eigenvalue weighted by molar-refractivity contribution is 7.89. The lowest BCUT2D eigenvalue weighted by Crippen LogP contribution is -2.05. The van der Waals surface area contributed by atoms with E-state index >= 15 is 0 Å². The molecule has 0 atom stereocenters. The van der Waals surface area contributed by atoms with Crippen LogP contribution in [-0.2, 0) is 21.3 Å². The Morgan fingerprint density at radius 3 is 1.95 bits per heavy atom. The summed E-state index contributed by atoms with van der Waals surface area (Å²) in [6.45, 7) is 0. The molecule has 1 aliphatic heterocycles. The van der Waals surface area contributed by atoms with E-state index in [4.69, 9.17) is 8.83 Å². The van der Waals surface area contributed by atoms with Crippen molar-refractivity contribution < 1.29 is 17.3 Å². The fraction of sp³-hybridized carbons (Fsp3) is 0.0526. The fourth-order valence-electron chi connectivity index (χ4n) is 6.68. The van der Waals surface area contributed by atoms with E-state index < -0.39 is 9.84 Å². The van der Waals surface area contributed by atoms with Gasteiger partial charge in [-0.15, -0.1) is 0 Å². The number of sulfone groups is 1. The minimum atomic E-state index is -3.36. The van der Waals surface area contributed by atoms with E-state index in [1.165, 1.54) is 0 Å². The number of furan rings is 2. The average Bonchev–Trinajstić information content (AvgIpc) is 3.56. The molecule has 206 valence electrons. The fourth-order valence-corrected chi connectivity index (χ4v) is 8.22. The molecule has 6 aromatic carbocycles. The molecule has 0 fully saturated rings. The molecule has 1 aliphatic rings. The van der Waals surface area contributed by atoms with Crippen molar-refractivity contribution in [1.82, 2.24) is 0 Å². The third-order valence-corrected chi connectivity index (χ3v) is 10.2. The van der Waals surface area contributed by atoms with Crippen LogP contribution in [0.25, 0.3) is 77.3 Å². The van der Waals surface area contributed by atoms with Gasteiger partial charge in [-0.3, -0.25) is 0 Å². The Balaban J connectivity index is 1.20. The molecule has 0 unspecified atom stereocenters. The molecule has 2 aromatic heterocycles. The van der Waals surface area contributed by atoms with Gasteiger partial charge in [-0.1, -0.05) is 84.9 Å². The number of hydrogen-bond donors (Lipinski definition) is 0. The summed E-state index contributed by atoms with van der Waals surface area (Å²) in [4.78, 5) is 0. The van der Waals surface area contributed by atoms with E-state index in [1.807, 2.05) is 66.7 Å². The van der Waals surface area contributed by atoms with E-state index in [1.54, 1.807) is 0 Å². The monoisotopic (exact) mass is 576 g/mol. The first kappa shape index (κ1) is 24.5. The second kappa shape index (κ2) is 8.93. The predicted molar refractivity (Wildman–Crippen MR) is 174 cm³/mol. The van der Waals surface area contributed by atoms with Gasteiger partial charge in [0.05, 0.1) is 11.5 Å². The maximum Gasteiger partial charge on any atom is 0.158 e. The van der Waals surface area contributed by atoms with Gasteiger partial charge < -0.3 is 8.83 Å².